The first kappa shape index (κ1) is 15.1. The zero-order chi connectivity index (χ0) is 17.8. The summed E-state index contributed by atoms with van der Waals surface area (Å²) in [6, 6.07) is 8.98. The minimum absolute atomic E-state index is 0.0415. The molecule has 0 saturated carbocycles. The van der Waals surface area contributed by atoms with E-state index in [0.29, 0.717) is 12.3 Å². The van der Waals surface area contributed by atoms with Gasteiger partial charge in [0.25, 0.3) is 0 Å². The molecule has 5 rings (SSSR count). The zero-order valence-corrected chi connectivity index (χ0v) is 14.2. The van der Waals surface area contributed by atoms with Crippen LogP contribution in [0, 0.1) is 0 Å². The molecule has 2 aliphatic rings. The lowest BCUT2D eigenvalue weighted by molar-refractivity contribution is -0.124. The third-order valence-electron chi connectivity index (χ3n) is 5.30. The molecule has 0 radical (unpaired) electrons. The lowest BCUT2D eigenvalue weighted by Crippen LogP contribution is -2.34. The van der Waals surface area contributed by atoms with Crippen LogP contribution in [-0.4, -0.2) is 29.7 Å². The van der Waals surface area contributed by atoms with E-state index in [1.165, 1.54) is 12.7 Å². The van der Waals surface area contributed by atoms with Crippen LogP contribution in [-0.2, 0) is 11.2 Å². The second-order valence-electron chi connectivity index (χ2n) is 6.70. The van der Waals surface area contributed by atoms with Crippen molar-refractivity contribution in [2.24, 2.45) is 0 Å². The van der Waals surface area contributed by atoms with Crippen LogP contribution in [0.2, 0.25) is 0 Å². The Morgan fingerprint density at radius 3 is 3.00 bits per heavy atom. The van der Waals surface area contributed by atoms with Crippen molar-refractivity contribution in [3.05, 3.63) is 53.2 Å². The average molecular weight is 350 g/mol. The molecule has 3 heterocycles. The summed E-state index contributed by atoms with van der Waals surface area (Å²) in [5.41, 5.74) is 3.94. The molecule has 0 saturated heterocycles. The summed E-state index contributed by atoms with van der Waals surface area (Å²) in [7, 11) is 1.50. The van der Waals surface area contributed by atoms with E-state index < -0.39 is 12.0 Å². The number of hydrogen-bond acceptors (Lipinski definition) is 4. The number of phenolic OH excluding ortho intramolecular Hbond substituents is 1. The number of rotatable bonds is 2. The quantitative estimate of drug-likeness (QED) is 0.664. The normalized spacial score (nSPS) is 21.0. The van der Waals surface area contributed by atoms with Gasteiger partial charge in [-0.3, -0.25) is 4.79 Å². The topological polar surface area (TPSA) is 83.6 Å². The van der Waals surface area contributed by atoms with Crippen LogP contribution in [0.25, 0.3) is 10.9 Å². The van der Waals surface area contributed by atoms with Gasteiger partial charge in [0.2, 0.25) is 5.91 Å². The third kappa shape index (κ3) is 2.02. The zero-order valence-electron chi connectivity index (χ0n) is 14.2. The molecule has 26 heavy (non-hydrogen) atoms. The van der Waals surface area contributed by atoms with Crippen LogP contribution < -0.4 is 14.8 Å². The highest BCUT2D eigenvalue weighted by Crippen LogP contribution is 2.51. The maximum Gasteiger partial charge on any atom is 0.231 e. The van der Waals surface area contributed by atoms with Gasteiger partial charge in [0.15, 0.2) is 11.5 Å². The number of methoxy groups -OCH3 is 1. The van der Waals surface area contributed by atoms with Crippen LogP contribution in [0.15, 0.2) is 36.5 Å². The van der Waals surface area contributed by atoms with Crippen molar-refractivity contribution in [1.29, 1.82) is 0 Å². The van der Waals surface area contributed by atoms with E-state index in [1.807, 2.05) is 18.3 Å². The first-order valence-corrected chi connectivity index (χ1v) is 8.61. The summed E-state index contributed by atoms with van der Waals surface area (Å²) in [5, 5.41) is 14.0. The monoisotopic (exact) mass is 350 g/mol. The first-order chi connectivity index (χ1) is 12.7. The molecule has 3 aromatic rings. The number of H-pyrrole nitrogens is 1. The standard InChI is InChI=1S/C20H18N2O4/c1-25-15-8-10(2-4-13(15)23)19-18-17-14(26-19)5-3-12-16(17)11(9-22-12)6-7-21-20(18)24/h2-5,8-9,18-19,22-23H,6-7H2,1H3,(H,21,24). The molecule has 2 aliphatic heterocycles. The molecule has 132 valence electrons. The fraction of sp³-hybridized carbons (Fsp3) is 0.250. The highest BCUT2D eigenvalue weighted by atomic mass is 16.5. The molecular weight excluding hydrogens is 332 g/mol. The fourth-order valence-electron chi connectivity index (χ4n) is 4.10. The van der Waals surface area contributed by atoms with Crippen LogP contribution in [0.5, 0.6) is 17.2 Å². The number of aromatic nitrogens is 1. The molecule has 1 aromatic heterocycles. The second-order valence-corrected chi connectivity index (χ2v) is 6.70. The maximum absolute atomic E-state index is 12.9. The van der Waals surface area contributed by atoms with E-state index in [2.05, 4.69) is 10.3 Å². The molecule has 3 N–H and O–H groups in total. The number of ether oxygens (including phenoxy) is 2. The van der Waals surface area contributed by atoms with Gasteiger partial charge in [-0.25, -0.2) is 0 Å². The Labute approximate surface area is 149 Å². The van der Waals surface area contributed by atoms with E-state index in [0.717, 1.165) is 34.2 Å². The first-order valence-electron chi connectivity index (χ1n) is 8.61. The molecule has 0 fully saturated rings. The number of hydrogen-bond donors (Lipinski definition) is 3. The summed E-state index contributed by atoms with van der Waals surface area (Å²) >= 11 is 0. The van der Waals surface area contributed by atoms with Crippen molar-refractivity contribution < 1.29 is 19.4 Å². The van der Waals surface area contributed by atoms with Crippen LogP contribution in [0.3, 0.4) is 0 Å². The van der Waals surface area contributed by atoms with E-state index in [4.69, 9.17) is 9.47 Å². The van der Waals surface area contributed by atoms with E-state index >= 15 is 0 Å². The van der Waals surface area contributed by atoms with Crippen LogP contribution in [0.1, 0.15) is 28.7 Å². The molecule has 2 unspecified atom stereocenters. The molecule has 0 aliphatic carbocycles. The SMILES string of the molecule is COc1cc(C2Oc3ccc4[nH]cc5c4c3C2C(=O)NCC5)ccc1O. The smallest absolute Gasteiger partial charge is 0.231 e. The second kappa shape index (κ2) is 5.42. The lowest BCUT2D eigenvalue weighted by Gasteiger charge is -2.21. The minimum Gasteiger partial charge on any atom is -0.504 e. The van der Waals surface area contributed by atoms with Crippen molar-refractivity contribution in [3.63, 3.8) is 0 Å². The molecule has 1 amide bonds. The average Bonchev–Trinajstić information content (AvgIpc) is 3.21. The van der Waals surface area contributed by atoms with Gasteiger partial charge in [-0.05, 0) is 41.8 Å². The Bertz CT molecular complexity index is 1040. The lowest BCUT2D eigenvalue weighted by atomic mass is 9.86. The fourth-order valence-corrected chi connectivity index (χ4v) is 4.10. The van der Waals surface area contributed by atoms with E-state index in [1.54, 1.807) is 18.2 Å². The summed E-state index contributed by atoms with van der Waals surface area (Å²) in [5.74, 6) is 0.667. The Balaban J connectivity index is 1.71. The number of nitrogens with one attached hydrogen (secondary N) is 2. The van der Waals surface area contributed by atoms with Crippen LogP contribution in [0.4, 0.5) is 0 Å². The predicted octanol–water partition coefficient (Wildman–Crippen LogP) is 2.77. The van der Waals surface area contributed by atoms with E-state index in [-0.39, 0.29) is 11.7 Å². The number of phenols is 1. The maximum atomic E-state index is 12.9. The van der Waals surface area contributed by atoms with Gasteiger partial charge >= 0.3 is 0 Å². The van der Waals surface area contributed by atoms with Gasteiger partial charge in [-0.15, -0.1) is 0 Å². The molecular formula is C20H18N2O4. The summed E-state index contributed by atoms with van der Waals surface area (Å²) in [6.45, 7) is 0.595. The summed E-state index contributed by atoms with van der Waals surface area (Å²) in [4.78, 5) is 16.2. The van der Waals surface area contributed by atoms with Crippen molar-refractivity contribution in [2.45, 2.75) is 18.4 Å². The number of carbonyl (C=O) groups is 1. The molecule has 6 nitrogen and oxygen atoms in total. The van der Waals surface area contributed by atoms with Crippen molar-refractivity contribution in [1.82, 2.24) is 10.3 Å². The highest BCUT2D eigenvalue weighted by Gasteiger charge is 2.43. The van der Waals surface area contributed by atoms with Crippen molar-refractivity contribution >= 4 is 16.8 Å². The van der Waals surface area contributed by atoms with Gasteiger partial charge < -0.3 is 24.9 Å². The highest BCUT2D eigenvalue weighted by molar-refractivity contribution is 5.97. The molecule has 2 atom stereocenters. The number of carbonyl (C=O) groups excluding carboxylic acids is 1. The van der Waals surface area contributed by atoms with Crippen molar-refractivity contribution in [2.75, 3.05) is 13.7 Å². The van der Waals surface area contributed by atoms with Gasteiger partial charge in [0, 0.05) is 29.2 Å². The number of aromatic amines is 1. The third-order valence-corrected chi connectivity index (χ3v) is 5.30. The summed E-state index contributed by atoms with van der Waals surface area (Å²) in [6.07, 6.45) is 2.33. The predicted molar refractivity (Wildman–Crippen MR) is 95.8 cm³/mol. The van der Waals surface area contributed by atoms with Gasteiger partial charge in [0.1, 0.15) is 17.8 Å². The minimum atomic E-state index is -0.467. The molecule has 6 heteroatoms. The molecule has 2 aromatic carbocycles. The van der Waals surface area contributed by atoms with E-state index in [9.17, 15) is 9.90 Å². The number of aromatic hydroxyl groups is 1. The largest absolute Gasteiger partial charge is 0.504 e. The number of benzene rings is 2. The Kier molecular flexibility index (Phi) is 3.16. The Morgan fingerprint density at radius 2 is 2.15 bits per heavy atom. The van der Waals surface area contributed by atoms with Gasteiger partial charge in [0.05, 0.1) is 7.11 Å². The Hall–Kier alpha value is -3.15. The molecule has 0 bridgehead atoms. The van der Waals surface area contributed by atoms with Gasteiger partial charge in [-0.2, -0.15) is 0 Å². The Morgan fingerprint density at radius 1 is 1.27 bits per heavy atom. The van der Waals surface area contributed by atoms with Gasteiger partial charge in [-0.1, -0.05) is 6.07 Å². The molecule has 0 spiro atoms. The number of amides is 1. The van der Waals surface area contributed by atoms with Crippen molar-refractivity contribution in [3.8, 4) is 17.2 Å². The summed E-state index contributed by atoms with van der Waals surface area (Å²) < 4.78 is 11.4. The van der Waals surface area contributed by atoms with Crippen LogP contribution >= 0.6 is 0 Å².